The van der Waals surface area contributed by atoms with Crippen LogP contribution >= 0.6 is 0 Å². The minimum Gasteiger partial charge on any atom is -0.387 e. The number of hydrogen-bond donors (Lipinski definition) is 3. The molecule has 3 N–H and O–H groups in total. The van der Waals surface area contributed by atoms with Gasteiger partial charge >= 0.3 is 0 Å². The van der Waals surface area contributed by atoms with Gasteiger partial charge in [0, 0.05) is 6.42 Å². The first-order chi connectivity index (χ1) is 20.3. The van der Waals surface area contributed by atoms with Gasteiger partial charge in [0.2, 0.25) is 5.91 Å². The summed E-state index contributed by atoms with van der Waals surface area (Å²) in [6.45, 7) is 4.37. The van der Waals surface area contributed by atoms with Gasteiger partial charge in [0.25, 0.3) is 10.1 Å². The van der Waals surface area contributed by atoms with E-state index < -0.39 is 28.0 Å². The minimum absolute atomic E-state index is 0.275. The first-order valence-corrected chi connectivity index (χ1v) is 18.4. The average molecular weight is 610 g/mol. The molecule has 0 spiro atoms. The van der Waals surface area contributed by atoms with Crippen LogP contribution in [0.2, 0.25) is 0 Å². The lowest BCUT2D eigenvalue weighted by atomic mass is 10.1. The van der Waals surface area contributed by atoms with Crippen LogP contribution in [0.3, 0.4) is 0 Å². The number of carbonyl (C=O) groups excluding carboxylic acids is 1. The molecular formula is C35H63NO5S. The summed E-state index contributed by atoms with van der Waals surface area (Å²) in [5, 5.41) is 13.1. The van der Waals surface area contributed by atoms with Crippen LogP contribution in [0.25, 0.3) is 0 Å². The van der Waals surface area contributed by atoms with Gasteiger partial charge in [-0.15, -0.1) is 0 Å². The maximum Gasteiger partial charge on any atom is 0.267 e. The Morgan fingerprint density at radius 1 is 0.667 bits per heavy atom. The van der Waals surface area contributed by atoms with Crippen LogP contribution < -0.4 is 5.32 Å². The van der Waals surface area contributed by atoms with Gasteiger partial charge in [-0.3, -0.25) is 9.35 Å². The van der Waals surface area contributed by atoms with Crippen molar-refractivity contribution in [2.45, 2.75) is 161 Å². The average Bonchev–Trinajstić information content (AvgIpc) is 2.94. The highest BCUT2D eigenvalue weighted by Gasteiger charge is 2.24. The van der Waals surface area contributed by atoms with E-state index in [0.29, 0.717) is 6.42 Å². The highest BCUT2D eigenvalue weighted by Crippen LogP contribution is 2.12. The molecule has 42 heavy (non-hydrogen) atoms. The third-order valence-electron chi connectivity index (χ3n) is 7.26. The number of allylic oxidation sites excluding steroid dienone is 7. The number of aliphatic hydroxyl groups excluding tert-OH is 1. The Hall–Kier alpha value is -1.70. The summed E-state index contributed by atoms with van der Waals surface area (Å²) in [6.07, 6.45) is 38.0. The van der Waals surface area contributed by atoms with Gasteiger partial charge in [-0.1, -0.05) is 140 Å². The summed E-state index contributed by atoms with van der Waals surface area (Å²) in [7, 11) is -4.34. The molecule has 0 saturated carbocycles. The van der Waals surface area contributed by atoms with Crippen LogP contribution in [0.1, 0.15) is 149 Å². The highest BCUT2D eigenvalue weighted by molar-refractivity contribution is 7.85. The maximum atomic E-state index is 12.4. The number of aliphatic hydroxyl groups is 1. The Balaban J connectivity index is 4.08. The zero-order valence-corrected chi connectivity index (χ0v) is 27.7. The number of unbranched alkanes of at least 4 members (excludes halogenated alkanes) is 15. The van der Waals surface area contributed by atoms with Crippen molar-refractivity contribution in [2.75, 3.05) is 5.75 Å². The molecule has 1 amide bonds. The van der Waals surface area contributed by atoms with Crippen molar-refractivity contribution in [1.29, 1.82) is 0 Å². The van der Waals surface area contributed by atoms with Gasteiger partial charge < -0.3 is 10.4 Å². The summed E-state index contributed by atoms with van der Waals surface area (Å²) in [5.74, 6) is -1.01. The van der Waals surface area contributed by atoms with Gasteiger partial charge in [-0.2, -0.15) is 8.42 Å². The second-order valence-corrected chi connectivity index (χ2v) is 12.9. The molecule has 0 heterocycles. The predicted octanol–water partition coefficient (Wildman–Crippen LogP) is 9.18. The number of nitrogens with one attached hydrogen (secondary N) is 1. The van der Waals surface area contributed by atoms with Gasteiger partial charge in [-0.05, 0) is 51.4 Å². The largest absolute Gasteiger partial charge is 0.387 e. The number of amides is 1. The lowest BCUT2D eigenvalue weighted by Crippen LogP contribution is -2.46. The van der Waals surface area contributed by atoms with Crippen molar-refractivity contribution in [3.8, 4) is 0 Å². The predicted molar refractivity (Wildman–Crippen MR) is 179 cm³/mol. The second-order valence-electron chi connectivity index (χ2n) is 11.4. The van der Waals surface area contributed by atoms with Crippen LogP contribution in [-0.4, -0.2) is 41.9 Å². The van der Waals surface area contributed by atoms with Gasteiger partial charge in [0.1, 0.15) is 0 Å². The molecule has 0 radical (unpaired) electrons. The Morgan fingerprint density at radius 2 is 1.14 bits per heavy atom. The lowest BCUT2D eigenvalue weighted by molar-refractivity contribution is -0.122. The van der Waals surface area contributed by atoms with Crippen molar-refractivity contribution in [3.63, 3.8) is 0 Å². The zero-order chi connectivity index (χ0) is 31.2. The van der Waals surface area contributed by atoms with E-state index in [1.807, 2.05) is 6.08 Å². The first kappa shape index (κ1) is 40.3. The molecule has 0 aromatic rings. The third kappa shape index (κ3) is 29.8. The SMILES string of the molecule is CC/C=C\C/C=C\C/C=C\CCCCCCCC(=O)NC(CS(=O)(=O)O)C(O)/C=C/CCCCCCCCCCCC. The van der Waals surface area contributed by atoms with E-state index in [-0.39, 0.29) is 12.3 Å². The summed E-state index contributed by atoms with van der Waals surface area (Å²) in [6, 6.07) is -1.06. The molecule has 6 nitrogen and oxygen atoms in total. The van der Waals surface area contributed by atoms with E-state index >= 15 is 0 Å². The molecule has 244 valence electrons. The van der Waals surface area contributed by atoms with Crippen LogP contribution in [-0.2, 0) is 14.9 Å². The van der Waals surface area contributed by atoms with E-state index in [1.54, 1.807) is 6.08 Å². The normalized spacial score (nSPS) is 14.1. The zero-order valence-electron chi connectivity index (χ0n) is 26.9. The van der Waals surface area contributed by atoms with Crippen LogP contribution in [0.4, 0.5) is 0 Å². The van der Waals surface area contributed by atoms with E-state index in [2.05, 4.69) is 55.6 Å². The molecule has 0 fully saturated rings. The molecule has 7 heteroatoms. The Bertz CT molecular complexity index is 847. The molecule has 2 unspecified atom stereocenters. The Morgan fingerprint density at radius 3 is 1.69 bits per heavy atom. The van der Waals surface area contributed by atoms with Crippen molar-refractivity contribution in [2.24, 2.45) is 0 Å². The first-order valence-electron chi connectivity index (χ1n) is 16.8. The summed E-state index contributed by atoms with van der Waals surface area (Å²) < 4.78 is 32.3. The van der Waals surface area contributed by atoms with Gasteiger partial charge in [0.15, 0.2) is 0 Å². The fourth-order valence-corrected chi connectivity index (χ4v) is 5.49. The fraction of sp³-hybridized carbons (Fsp3) is 0.743. The summed E-state index contributed by atoms with van der Waals surface area (Å²) in [4.78, 5) is 12.4. The Labute approximate surface area is 259 Å². The van der Waals surface area contributed by atoms with Crippen LogP contribution in [0, 0.1) is 0 Å². The van der Waals surface area contributed by atoms with E-state index in [1.165, 1.54) is 51.4 Å². The molecule has 2 atom stereocenters. The quantitative estimate of drug-likeness (QED) is 0.0446. The smallest absolute Gasteiger partial charge is 0.267 e. The molecular weight excluding hydrogens is 546 g/mol. The number of rotatable bonds is 29. The molecule has 0 aliphatic carbocycles. The van der Waals surface area contributed by atoms with Crippen molar-refractivity contribution >= 4 is 16.0 Å². The third-order valence-corrected chi connectivity index (χ3v) is 8.04. The Kier molecular flexibility index (Phi) is 28.2. The van der Waals surface area contributed by atoms with Crippen LogP contribution in [0.15, 0.2) is 48.6 Å². The van der Waals surface area contributed by atoms with Gasteiger partial charge in [0.05, 0.1) is 17.9 Å². The van der Waals surface area contributed by atoms with Gasteiger partial charge in [-0.25, -0.2) is 0 Å². The standard InChI is InChI=1S/C35H63NO5S/c1-3-5-7-9-11-13-15-17-18-19-21-23-25-27-29-31-35(38)36-33(32-42(39,40)41)34(37)30-28-26-24-22-20-16-14-12-10-8-6-4-2/h5,7,11,13,17-18,28,30,33-34,37H,3-4,6,8-10,12,14-16,19-27,29,31-32H2,1-2H3,(H,36,38)(H,39,40,41)/b7-5-,13-11-,18-17-,30-28+. The number of hydrogen-bond acceptors (Lipinski definition) is 4. The maximum absolute atomic E-state index is 12.4. The molecule has 0 aliphatic rings. The highest BCUT2D eigenvalue weighted by atomic mass is 32.2. The molecule has 0 rings (SSSR count). The molecule has 0 bridgehead atoms. The number of carbonyl (C=O) groups is 1. The molecule has 0 aromatic heterocycles. The minimum atomic E-state index is -4.34. The summed E-state index contributed by atoms with van der Waals surface area (Å²) >= 11 is 0. The van der Waals surface area contributed by atoms with Crippen LogP contribution in [0.5, 0.6) is 0 Å². The second kappa shape index (κ2) is 29.4. The topological polar surface area (TPSA) is 104 Å². The monoisotopic (exact) mass is 609 g/mol. The lowest BCUT2D eigenvalue weighted by Gasteiger charge is -2.21. The summed E-state index contributed by atoms with van der Waals surface area (Å²) in [5.41, 5.74) is 0. The van der Waals surface area contributed by atoms with Crippen molar-refractivity contribution < 1.29 is 22.9 Å². The van der Waals surface area contributed by atoms with Crippen molar-refractivity contribution in [3.05, 3.63) is 48.6 Å². The van der Waals surface area contributed by atoms with E-state index in [4.69, 9.17) is 0 Å². The molecule has 0 aliphatic heterocycles. The molecule has 0 aromatic carbocycles. The van der Waals surface area contributed by atoms with E-state index in [0.717, 1.165) is 70.6 Å². The van der Waals surface area contributed by atoms with Crippen molar-refractivity contribution in [1.82, 2.24) is 5.32 Å². The molecule has 0 saturated heterocycles. The fourth-order valence-electron chi connectivity index (χ4n) is 4.76. The van der Waals surface area contributed by atoms with E-state index in [9.17, 15) is 22.9 Å².